The topological polar surface area (TPSA) is 114 Å². The molecule has 1 saturated heterocycles. The molecule has 0 unspecified atom stereocenters. The van der Waals surface area contributed by atoms with Crippen molar-refractivity contribution < 1.29 is 14.1 Å². The van der Waals surface area contributed by atoms with Crippen LogP contribution in [0.3, 0.4) is 0 Å². The molecule has 2 aromatic carbocycles. The lowest BCUT2D eigenvalue weighted by molar-refractivity contribution is -0.384. The van der Waals surface area contributed by atoms with E-state index in [-0.39, 0.29) is 11.3 Å². The minimum atomic E-state index is -0.417. The van der Waals surface area contributed by atoms with Crippen LogP contribution >= 0.6 is 0 Å². The fraction of sp³-hybridized carbons (Fsp3) is 0.269. The summed E-state index contributed by atoms with van der Waals surface area (Å²) in [5.74, 6) is 0.649. The Morgan fingerprint density at radius 1 is 1.17 bits per heavy atom. The summed E-state index contributed by atoms with van der Waals surface area (Å²) in [6.45, 7) is 5.60. The second kappa shape index (κ2) is 9.17. The number of nitro groups is 1. The molecule has 2 aromatic heterocycles. The molecule has 35 heavy (non-hydrogen) atoms. The molecular formula is C26H25N5O4. The monoisotopic (exact) mass is 471 g/mol. The fourth-order valence-corrected chi connectivity index (χ4v) is 4.35. The summed E-state index contributed by atoms with van der Waals surface area (Å²) in [5.41, 5.74) is 4.04. The number of carbonyl (C=O) groups is 1. The molecule has 1 fully saturated rings. The molecule has 0 atom stereocenters. The number of benzene rings is 2. The SMILES string of the molecule is Cc1cc(-c2nc3ncccc3o2)ccc1NC(=O)c1ccc(N2CCC(C)CC2)c([N+](=O)[O-])c1. The lowest BCUT2D eigenvalue weighted by Gasteiger charge is -2.31. The van der Waals surface area contributed by atoms with Crippen molar-refractivity contribution in [1.82, 2.24) is 9.97 Å². The van der Waals surface area contributed by atoms with Crippen LogP contribution in [0.4, 0.5) is 17.1 Å². The fourth-order valence-electron chi connectivity index (χ4n) is 4.35. The molecule has 0 bridgehead atoms. The van der Waals surface area contributed by atoms with E-state index in [0.717, 1.165) is 37.1 Å². The molecule has 1 amide bonds. The highest BCUT2D eigenvalue weighted by atomic mass is 16.6. The Balaban J connectivity index is 1.36. The van der Waals surface area contributed by atoms with Gasteiger partial charge in [-0.05, 0) is 73.7 Å². The quantitative estimate of drug-likeness (QED) is 0.298. The van der Waals surface area contributed by atoms with Crippen LogP contribution in [0.25, 0.3) is 22.7 Å². The Kier molecular flexibility index (Phi) is 5.90. The van der Waals surface area contributed by atoms with E-state index in [9.17, 15) is 14.9 Å². The standard InChI is InChI=1S/C26H25N5O4/c1-16-9-12-30(13-10-16)21-8-6-18(15-22(21)31(33)34)25(32)28-20-7-5-19(14-17(20)2)26-29-24-23(35-26)4-3-11-27-24/h3-8,11,14-16H,9-10,12-13H2,1-2H3,(H,28,32). The Labute approximate surface area is 201 Å². The van der Waals surface area contributed by atoms with Crippen LogP contribution in [-0.4, -0.2) is 33.9 Å². The number of nitro benzene ring substituents is 1. The number of aromatic nitrogens is 2. The second-order valence-electron chi connectivity index (χ2n) is 8.96. The average molecular weight is 472 g/mol. The third-order valence-corrected chi connectivity index (χ3v) is 6.45. The summed E-state index contributed by atoms with van der Waals surface area (Å²) in [5, 5.41) is 14.6. The van der Waals surface area contributed by atoms with Gasteiger partial charge in [0.1, 0.15) is 5.69 Å². The molecule has 9 nitrogen and oxygen atoms in total. The van der Waals surface area contributed by atoms with Crippen molar-refractivity contribution in [3.05, 3.63) is 76.0 Å². The first-order valence-electron chi connectivity index (χ1n) is 11.6. The number of carbonyl (C=O) groups excluding carboxylic acids is 1. The van der Waals surface area contributed by atoms with Crippen molar-refractivity contribution in [1.29, 1.82) is 0 Å². The van der Waals surface area contributed by atoms with Gasteiger partial charge in [-0.3, -0.25) is 14.9 Å². The van der Waals surface area contributed by atoms with Crippen LogP contribution in [0.2, 0.25) is 0 Å². The van der Waals surface area contributed by atoms with Crippen LogP contribution in [-0.2, 0) is 0 Å². The van der Waals surface area contributed by atoms with Gasteiger partial charge in [0, 0.05) is 42.2 Å². The highest BCUT2D eigenvalue weighted by Gasteiger charge is 2.25. The van der Waals surface area contributed by atoms with Gasteiger partial charge in [-0.2, -0.15) is 4.98 Å². The Hall–Kier alpha value is -4.27. The van der Waals surface area contributed by atoms with Crippen LogP contribution in [0, 0.1) is 23.0 Å². The van der Waals surface area contributed by atoms with Gasteiger partial charge in [0.25, 0.3) is 11.6 Å². The first kappa shape index (κ1) is 22.5. The van der Waals surface area contributed by atoms with Gasteiger partial charge < -0.3 is 14.6 Å². The zero-order valence-corrected chi connectivity index (χ0v) is 19.5. The summed E-state index contributed by atoms with van der Waals surface area (Å²) in [7, 11) is 0. The highest BCUT2D eigenvalue weighted by molar-refractivity contribution is 6.05. The lowest BCUT2D eigenvalue weighted by Crippen LogP contribution is -2.33. The van der Waals surface area contributed by atoms with E-state index in [1.165, 1.54) is 6.07 Å². The molecule has 0 aliphatic carbocycles. The third-order valence-electron chi connectivity index (χ3n) is 6.45. The second-order valence-corrected chi connectivity index (χ2v) is 8.96. The molecule has 1 N–H and O–H groups in total. The number of amides is 1. The smallest absolute Gasteiger partial charge is 0.293 e. The van der Waals surface area contributed by atoms with E-state index in [4.69, 9.17) is 4.42 Å². The molecule has 9 heteroatoms. The molecule has 1 aliphatic heterocycles. The molecule has 5 rings (SSSR count). The van der Waals surface area contributed by atoms with Crippen molar-refractivity contribution in [3.63, 3.8) is 0 Å². The normalized spacial score (nSPS) is 14.3. The van der Waals surface area contributed by atoms with E-state index < -0.39 is 10.8 Å². The van der Waals surface area contributed by atoms with Gasteiger partial charge in [-0.25, -0.2) is 4.98 Å². The van der Waals surface area contributed by atoms with Crippen LogP contribution in [0.15, 0.2) is 59.1 Å². The Bertz CT molecular complexity index is 1390. The largest absolute Gasteiger partial charge is 0.434 e. The van der Waals surface area contributed by atoms with Crippen LogP contribution < -0.4 is 10.2 Å². The van der Waals surface area contributed by atoms with Gasteiger partial charge in [0.15, 0.2) is 11.2 Å². The highest BCUT2D eigenvalue weighted by Crippen LogP contribution is 2.33. The first-order chi connectivity index (χ1) is 16.9. The number of piperidine rings is 1. The van der Waals surface area contributed by atoms with Gasteiger partial charge >= 0.3 is 0 Å². The maximum Gasteiger partial charge on any atom is 0.293 e. The van der Waals surface area contributed by atoms with E-state index in [2.05, 4.69) is 22.2 Å². The number of rotatable bonds is 5. The maximum absolute atomic E-state index is 13.0. The molecule has 178 valence electrons. The number of hydrogen-bond acceptors (Lipinski definition) is 7. The van der Waals surface area contributed by atoms with Crippen molar-refractivity contribution in [2.75, 3.05) is 23.3 Å². The minimum Gasteiger partial charge on any atom is -0.434 e. The van der Waals surface area contributed by atoms with Gasteiger partial charge in [0.2, 0.25) is 5.89 Å². The average Bonchev–Trinajstić information content (AvgIpc) is 3.30. The number of anilines is 2. The number of oxazole rings is 1. The maximum atomic E-state index is 13.0. The van der Waals surface area contributed by atoms with E-state index in [0.29, 0.717) is 34.4 Å². The van der Waals surface area contributed by atoms with Crippen molar-refractivity contribution >= 4 is 34.2 Å². The number of aryl methyl sites for hydroxylation is 1. The van der Waals surface area contributed by atoms with Crippen molar-refractivity contribution in [3.8, 4) is 11.5 Å². The number of nitrogens with one attached hydrogen (secondary N) is 1. The first-order valence-corrected chi connectivity index (χ1v) is 11.6. The molecule has 4 aromatic rings. The molecule has 0 radical (unpaired) electrons. The molecule has 1 aliphatic rings. The molecule has 0 saturated carbocycles. The van der Waals surface area contributed by atoms with Crippen molar-refractivity contribution in [2.45, 2.75) is 26.7 Å². The van der Waals surface area contributed by atoms with E-state index >= 15 is 0 Å². The summed E-state index contributed by atoms with van der Waals surface area (Å²) in [4.78, 5) is 34.9. The Morgan fingerprint density at radius 2 is 1.97 bits per heavy atom. The summed E-state index contributed by atoms with van der Waals surface area (Å²) in [6.07, 6.45) is 3.64. The summed E-state index contributed by atoms with van der Waals surface area (Å²) in [6, 6.07) is 13.7. The summed E-state index contributed by atoms with van der Waals surface area (Å²) >= 11 is 0. The number of hydrogen-bond donors (Lipinski definition) is 1. The predicted octanol–water partition coefficient (Wildman–Crippen LogP) is 5.60. The predicted molar refractivity (Wildman–Crippen MR) is 134 cm³/mol. The third kappa shape index (κ3) is 4.57. The number of fused-ring (bicyclic) bond motifs is 1. The zero-order valence-electron chi connectivity index (χ0n) is 19.5. The van der Waals surface area contributed by atoms with Crippen LogP contribution in [0.5, 0.6) is 0 Å². The van der Waals surface area contributed by atoms with Gasteiger partial charge in [-0.15, -0.1) is 0 Å². The minimum absolute atomic E-state index is 0.0520. The van der Waals surface area contributed by atoms with Crippen molar-refractivity contribution in [2.24, 2.45) is 5.92 Å². The van der Waals surface area contributed by atoms with Gasteiger partial charge in [-0.1, -0.05) is 6.92 Å². The van der Waals surface area contributed by atoms with Crippen LogP contribution in [0.1, 0.15) is 35.7 Å². The number of nitrogens with zero attached hydrogens (tertiary/aromatic N) is 4. The molecule has 0 spiro atoms. The Morgan fingerprint density at radius 3 is 2.69 bits per heavy atom. The number of pyridine rings is 1. The molecule has 3 heterocycles. The van der Waals surface area contributed by atoms with E-state index in [1.54, 1.807) is 42.6 Å². The molecular weight excluding hydrogens is 446 g/mol. The zero-order chi connectivity index (χ0) is 24.5. The van der Waals surface area contributed by atoms with Gasteiger partial charge in [0.05, 0.1) is 4.92 Å². The lowest BCUT2D eigenvalue weighted by atomic mass is 9.98. The van der Waals surface area contributed by atoms with E-state index in [1.807, 2.05) is 17.9 Å². The summed E-state index contributed by atoms with van der Waals surface area (Å²) < 4.78 is 5.77.